The van der Waals surface area contributed by atoms with Crippen LogP contribution >= 0.6 is 0 Å². The maximum Gasteiger partial charge on any atom is 0.333 e. The number of carboxylic acid groups (broad SMARTS) is 1. The van der Waals surface area contributed by atoms with Gasteiger partial charge in [-0.05, 0) is 6.92 Å². The molecule has 0 aromatic carbocycles. The molecule has 0 aromatic rings. The standard InChI is InChI=1S/C7H9FO2/c1-3-4-6(8)5(2)7(9)10/h3H,1,4H2,2H3,(H,9,10)/b6-5+. The van der Waals surface area contributed by atoms with Crippen LogP contribution < -0.4 is 0 Å². The number of hydrogen-bond acceptors (Lipinski definition) is 1. The Morgan fingerprint density at radius 2 is 2.30 bits per heavy atom. The van der Waals surface area contributed by atoms with E-state index in [0.29, 0.717) is 0 Å². The van der Waals surface area contributed by atoms with Crippen LogP contribution in [0.1, 0.15) is 13.3 Å². The molecular weight excluding hydrogens is 135 g/mol. The van der Waals surface area contributed by atoms with E-state index in [4.69, 9.17) is 5.11 Å². The van der Waals surface area contributed by atoms with Crippen LogP contribution in [0.15, 0.2) is 24.1 Å². The minimum Gasteiger partial charge on any atom is -0.478 e. The molecule has 0 aliphatic rings. The van der Waals surface area contributed by atoms with Crippen molar-refractivity contribution < 1.29 is 14.3 Å². The molecule has 10 heavy (non-hydrogen) atoms. The molecule has 0 saturated heterocycles. The Balaban J connectivity index is 4.33. The highest BCUT2D eigenvalue weighted by Gasteiger charge is 2.06. The second kappa shape index (κ2) is 3.82. The van der Waals surface area contributed by atoms with Gasteiger partial charge in [0.05, 0.1) is 5.57 Å². The normalized spacial score (nSPS) is 12.2. The molecule has 0 amide bonds. The van der Waals surface area contributed by atoms with Crippen LogP contribution in [0, 0.1) is 0 Å². The summed E-state index contributed by atoms with van der Waals surface area (Å²) < 4.78 is 12.5. The zero-order valence-electron chi connectivity index (χ0n) is 5.72. The van der Waals surface area contributed by atoms with Crippen molar-refractivity contribution >= 4 is 5.97 Å². The summed E-state index contributed by atoms with van der Waals surface area (Å²) in [5.41, 5.74) is -0.250. The topological polar surface area (TPSA) is 37.3 Å². The van der Waals surface area contributed by atoms with Crippen LogP contribution in [0.5, 0.6) is 0 Å². The number of aliphatic carboxylic acids is 1. The van der Waals surface area contributed by atoms with Gasteiger partial charge < -0.3 is 5.11 Å². The van der Waals surface area contributed by atoms with Crippen molar-refractivity contribution in [2.75, 3.05) is 0 Å². The minimum atomic E-state index is -1.22. The third kappa shape index (κ3) is 2.44. The molecule has 0 aromatic heterocycles. The van der Waals surface area contributed by atoms with Gasteiger partial charge in [-0.25, -0.2) is 9.18 Å². The number of carbonyl (C=O) groups is 1. The van der Waals surface area contributed by atoms with Crippen LogP contribution in [-0.4, -0.2) is 11.1 Å². The van der Waals surface area contributed by atoms with E-state index in [1.807, 2.05) is 0 Å². The number of carboxylic acids is 1. The fraction of sp³-hybridized carbons (Fsp3) is 0.286. The second-order valence-electron chi connectivity index (χ2n) is 1.83. The van der Waals surface area contributed by atoms with Gasteiger partial charge in [0, 0.05) is 6.42 Å². The predicted molar refractivity (Wildman–Crippen MR) is 36.3 cm³/mol. The van der Waals surface area contributed by atoms with Gasteiger partial charge in [-0.1, -0.05) is 6.08 Å². The highest BCUT2D eigenvalue weighted by atomic mass is 19.1. The van der Waals surface area contributed by atoms with Crippen molar-refractivity contribution in [3.63, 3.8) is 0 Å². The first-order chi connectivity index (χ1) is 4.59. The summed E-state index contributed by atoms with van der Waals surface area (Å²) >= 11 is 0. The molecule has 0 rings (SSSR count). The van der Waals surface area contributed by atoms with E-state index in [1.54, 1.807) is 0 Å². The lowest BCUT2D eigenvalue weighted by molar-refractivity contribution is -0.132. The molecule has 0 aliphatic heterocycles. The molecule has 0 spiro atoms. The van der Waals surface area contributed by atoms with Gasteiger partial charge in [-0.2, -0.15) is 0 Å². The lowest BCUT2D eigenvalue weighted by Gasteiger charge is -1.94. The summed E-state index contributed by atoms with van der Waals surface area (Å²) in [6.07, 6.45) is 1.31. The van der Waals surface area contributed by atoms with Crippen molar-refractivity contribution in [1.29, 1.82) is 0 Å². The molecule has 0 saturated carbocycles. The van der Waals surface area contributed by atoms with E-state index in [9.17, 15) is 9.18 Å². The lowest BCUT2D eigenvalue weighted by atomic mass is 10.2. The van der Waals surface area contributed by atoms with Crippen LogP contribution in [0.4, 0.5) is 4.39 Å². The quantitative estimate of drug-likeness (QED) is 0.485. The van der Waals surface area contributed by atoms with Crippen molar-refractivity contribution in [2.45, 2.75) is 13.3 Å². The van der Waals surface area contributed by atoms with Crippen LogP contribution in [0.3, 0.4) is 0 Å². The van der Waals surface area contributed by atoms with Gasteiger partial charge in [-0.15, -0.1) is 6.58 Å². The second-order valence-corrected chi connectivity index (χ2v) is 1.83. The molecule has 0 fully saturated rings. The van der Waals surface area contributed by atoms with E-state index in [2.05, 4.69) is 6.58 Å². The van der Waals surface area contributed by atoms with Crippen LogP contribution in [0.2, 0.25) is 0 Å². The summed E-state index contributed by atoms with van der Waals surface area (Å²) in [5, 5.41) is 8.25. The summed E-state index contributed by atoms with van der Waals surface area (Å²) in [7, 11) is 0. The van der Waals surface area contributed by atoms with Crippen molar-refractivity contribution in [3.8, 4) is 0 Å². The molecule has 1 N–H and O–H groups in total. The van der Waals surface area contributed by atoms with Gasteiger partial charge in [-0.3, -0.25) is 0 Å². The first-order valence-corrected chi connectivity index (χ1v) is 2.79. The number of halogens is 1. The Morgan fingerprint density at radius 1 is 1.80 bits per heavy atom. The molecule has 0 radical (unpaired) electrons. The Hall–Kier alpha value is -1.12. The van der Waals surface area contributed by atoms with Gasteiger partial charge in [0.15, 0.2) is 0 Å². The van der Waals surface area contributed by atoms with E-state index < -0.39 is 11.8 Å². The average Bonchev–Trinajstić information content (AvgIpc) is 1.87. The number of rotatable bonds is 3. The summed E-state index contributed by atoms with van der Waals surface area (Å²) in [6, 6.07) is 0. The van der Waals surface area contributed by atoms with Gasteiger partial charge in [0.1, 0.15) is 5.83 Å². The number of hydrogen-bond donors (Lipinski definition) is 1. The highest BCUT2D eigenvalue weighted by Crippen LogP contribution is 2.09. The first-order valence-electron chi connectivity index (χ1n) is 2.79. The summed E-state index contributed by atoms with van der Waals surface area (Å²) in [5.74, 6) is -1.86. The smallest absolute Gasteiger partial charge is 0.333 e. The zero-order chi connectivity index (χ0) is 8.15. The summed E-state index contributed by atoms with van der Waals surface area (Å²) in [4.78, 5) is 10.1. The first kappa shape index (κ1) is 8.88. The molecule has 2 nitrogen and oxygen atoms in total. The monoisotopic (exact) mass is 144 g/mol. The fourth-order valence-corrected chi connectivity index (χ4v) is 0.396. The van der Waals surface area contributed by atoms with Crippen LogP contribution in [0.25, 0.3) is 0 Å². The van der Waals surface area contributed by atoms with E-state index in [-0.39, 0.29) is 12.0 Å². The fourth-order valence-electron chi connectivity index (χ4n) is 0.396. The van der Waals surface area contributed by atoms with E-state index in [0.717, 1.165) is 0 Å². The van der Waals surface area contributed by atoms with E-state index in [1.165, 1.54) is 13.0 Å². The predicted octanol–water partition coefficient (Wildman–Crippen LogP) is 1.89. The van der Waals surface area contributed by atoms with Crippen molar-refractivity contribution in [1.82, 2.24) is 0 Å². The average molecular weight is 144 g/mol. The Labute approximate surface area is 58.7 Å². The molecule has 0 unspecified atom stereocenters. The maximum atomic E-state index is 12.5. The van der Waals surface area contributed by atoms with Crippen molar-refractivity contribution in [3.05, 3.63) is 24.1 Å². The number of allylic oxidation sites excluding steroid dienone is 2. The molecule has 56 valence electrons. The Kier molecular flexibility index (Phi) is 3.39. The molecule has 0 bridgehead atoms. The minimum absolute atomic E-state index is 0.0157. The highest BCUT2D eigenvalue weighted by molar-refractivity contribution is 5.86. The molecule has 0 atom stereocenters. The van der Waals surface area contributed by atoms with Crippen molar-refractivity contribution in [2.24, 2.45) is 0 Å². The molecule has 0 aliphatic carbocycles. The molecular formula is C7H9FO2. The summed E-state index contributed by atoms with van der Waals surface area (Å²) in [6.45, 7) is 4.50. The molecule has 0 heterocycles. The third-order valence-corrected chi connectivity index (χ3v) is 1.05. The largest absolute Gasteiger partial charge is 0.478 e. The maximum absolute atomic E-state index is 12.5. The SMILES string of the molecule is C=CC/C(F)=C(/C)C(=O)O. The zero-order valence-corrected chi connectivity index (χ0v) is 5.72. The third-order valence-electron chi connectivity index (χ3n) is 1.05. The Morgan fingerprint density at radius 3 is 2.60 bits per heavy atom. The van der Waals surface area contributed by atoms with Gasteiger partial charge >= 0.3 is 5.97 Å². The lowest BCUT2D eigenvalue weighted by Crippen LogP contribution is -1.98. The van der Waals surface area contributed by atoms with E-state index >= 15 is 0 Å². The Bertz CT molecular complexity index is 182. The van der Waals surface area contributed by atoms with Gasteiger partial charge in [0.2, 0.25) is 0 Å². The molecule has 3 heteroatoms. The van der Waals surface area contributed by atoms with Gasteiger partial charge in [0.25, 0.3) is 0 Å². The van der Waals surface area contributed by atoms with Crippen LogP contribution in [-0.2, 0) is 4.79 Å².